The first-order chi connectivity index (χ1) is 12.4. The minimum absolute atomic E-state index is 0.00869. The number of hydrogen-bond donors (Lipinski definition) is 0. The highest BCUT2D eigenvalue weighted by Crippen LogP contribution is 2.32. The van der Waals surface area contributed by atoms with Crippen molar-refractivity contribution >= 4 is 17.5 Å². The van der Waals surface area contributed by atoms with Crippen molar-refractivity contribution in [2.24, 2.45) is 0 Å². The largest absolute Gasteiger partial charge is 0.456 e. The summed E-state index contributed by atoms with van der Waals surface area (Å²) < 4.78 is 5.66. The number of aryl methyl sites for hydroxylation is 2. The van der Waals surface area contributed by atoms with Crippen molar-refractivity contribution in [2.75, 3.05) is 0 Å². The maximum Gasteiger partial charge on any atom is 0.280 e. The molecule has 0 amide bonds. The van der Waals surface area contributed by atoms with E-state index >= 15 is 0 Å². The quantitative estimate of drug-likeness (QED) is 0.269. The normalized spacial score (nSPS) is 11.0. The van der Waals surface area contributed by atoms with Gasteiger partial charge >= 0.3 is 0 Å². The van der Waals surface area contributed by atoms with Crippen LogP contribution < -0.4 is 0 Å². The lowest BCUT2D eigenvalue weighted by atomic mass is 10.1. The summed E-state index contributed by atoms with van der Waals surface area (Å²) in [5, 5.41) is 11.3. The molecule has 0 unspecified atom stereocenters. The van der Waals surface area contributed by atoms with Gasteiger partial charge < -0.3 is 4.42 Å². The molecule has 5 heteroatoms. The molecule has 0 aliphatic heterocycles. The number of ketones is 1. The Bertz CT molecular complexity index is 997. The zero-order valence-electron chi connectivity index (χ0n) is 14.4. The number of rotatable bonds is 5. The number of carbonyl (C=O) groups is 1. The van der Waals surface area contributed by atoms with Gasteiger partial charge in [-0.3, -0.25) is 14.9 Å². The van der Waals surface area contributed by atoms with Crippen LogP contribution in [0.4, 0.5) is 5.69 Å². The molecule has 0 fully saturated rings. The van der Waals surface area contributed by atoms with E-state index < -0.39 is 4.92 Å². The van der Waals surface area contributed by atoms with Gasteiger partial charge in [-0.25, -0.2) is 0 Å². The number of benzene rings is 2. The summed E-state index contributed by atoms with van der Waals surface area (Å²) in [7, 11) is 0. The van der Waals surface area contributed by atoms with E-state index in [-0.39, 0.29) is 11.5 Å². The first-order valence-electron chi connectivity index (χ1n) is 8.08. The van der Waals surface area contributed by atoms with Crippen LogP contribution in [0, 0.1) is 24.0 Å². The van der Waals surface area contributed by atoms with Crippen LogP contribution in [0.25, 0.3) is 17.4 Å². The number of allylic oxidation sites excluding steroid dienone is 1. The van der Waals surface area contributed by atoms with Gasteiger partial charge in [-0.2, -0.15) is 0 Å². The zero-order valence-corrected chi connectivity index (χ0v) is 14.4. The average molecular weight is 347 g/mol. The Hall–Kier alpha value is -3.47. The topological polar surface area (TPSA) is 73.3 Å². The van der Waals surface area contributed by atoms with E-state index in [9.17, 15) is 14.9 Å². The monoisotopic (exact) mass is 347 g/mol. The molecule has 0 radical (unpaired) electrons. The van der Waals surface area contributed by atoms with Gasteiger partial charge in [0.1, 0.15) is 11.5 Å². The summed E-state index contributed by atoms with van der Waals surface area (Å²) in [5.41, 5.74) is 2.88. The molecule has 3 aromatic rings. The summed E-state index contributed by atoms with van der Waals surface area (Å²) in [6.07, 6.45) is 2.99. The Morgan fingerprint density at radius 2 is 1.69 bits per heavy atom. The van der Waals surface area contributed by atoms with E-state index in [0.29, 0.717) is 22.6 Å². The standard InChI is InChI=1S/C21H17NO4/c1-14-3-6-16(7-4-14)20(23)11-8-17-9-12-21(26-17)18-10-5-15(2)13-19(18)22(24)25/h3-13H,1-2H3/b11-8+. The highest BCUT2D eigenvalue weighted by molar-refractivity contribution is 6.06. The van der Waals surface area contributed by atoms with Crippen molar-refractivity contribution in [2.45, 2.75) is 13.8 Å². The van der Waals surface area contributed by atoms with Crippen molar-refractivity contribution in [3.63, 3.8) is 0 Å². The molecule has 3 rings (SSSR count). The molecule has 0 spiro atoms. The fourth-order valence-corrected chi connectivity index (χ4v) is 2.56. The number of furan rings is 1. The third-order valence-corrected chi connectivity index (χ3v) is 3.98. The second-order valence-corrected chi connectivity index (χ2v) is 6.04. The Balaban J connectivity index is 1.83. The lowest BCUT2D eigenvalue weighted by molar-refractivity contribution is -0.384. The van der Waals surface area contributed by atoms with E-state index in [0.717, 1.165) is 11.1 Å². The molecule has 130 valence electrons. The molecule has 0 aliphatic carbocycles. The Kier molecular flexibility index (Phi) is 4.80. The molecule has 2 aromatic carbocycles. The maximum absolute atomic E-state index is 12.2. The van der Waals surface area contributed by atoms with E-state index in [1.807, 2.05) is 19.1 Å². The lowest BCUT2D eigenvalue weighted by Crippen LogP contribution is -1.93. The van der Waals surface area contributed by atoms with Gasteiger partial charge in [0, 0.05) is 11.6 Å². The fraction of sp³-hybridized carbons (Fsp3) is 0.0952. The van der Waals surface area contributed by atoms with E-state index in [1.54, 1.807) is 49.4 Å². The molecular formula is C21H17NO4. The molecule has 0 aliphatic rings. The van der Waals surface area contributed by atoms with E-state index in [1.165, 1.54) is 12.1 Å². The van der Waals surface area contributed by atoms with Gasteiger partial charge in [-0.05, 0) is 49.8 Å². The summed E-state index contributed by atoms with van der Waals surface area (Å²) in [6, 6.07) is 15.6. The second kappa shape index (κ2) is 7.19. The predicted molar refractivity (Wildman–Crippen MR) is 100 cm³/mol. The first kappa shape index (κ1) is 17.4. The molecule has 0 saturated carbocycles. The number of nitro groups is 1. The van der Waals surface area contributed by atoms with Crippen molar-refractivity contribution < 1.29 is 14.1 Å². The van der Waals surface area contributed by atoms with Gasteiger partial charge in [0.25, 0.3) is 5.69 Å². The Morgan fingerprint density at radius 1 is 1.00 bits per heavy atom. The molecule has 5 nitrogen and oxygen atoms in total. The molecular weight excluding hydrogens is 330 g/mol. The third-order valence-electron chi connectivity index (χ3n) is 3.98. The number of hydrogen-bond acceptors (Lipinski definition) is 4. The smallest absolute Gasteiger partial charge is 0.280 e. The first-order valence-corrected chi connectivity index (χ1v) is 8.08. The number of carbonyl (C=O) groups excluding carboxylic acids is 1. The minimum Gasteiger partial charge on any atom is -0.456 e. The van der Waals surface area contributed by atoms with Crippen molar-refractivity contribution in [3.05, 3.63) is 93.2 Å². The van der Waals surface area contributed by atoms with E-state index in [2.05, 4.69) is 0 Å². The van der Waals surface area contributed by atoms with Gasteiger partial charge in [0.15, 0.2) is 5.78 Å². The van der Waals surface area contributed by atoms with Gasteiger partial charge in [0.2, 0.25) is 0 Å². The Labute approximate surface area is 150 Å². The van der Waals surface area contributed by atoms with Crippen molar-refractivity contribution in [3.8, 4) is 11.3 Å². The fourth-order valence-electron chi connectivity index (χ4n) is 2.56. The van der Waals surface area contributed by atoms with Crippen LogP contribution in [-0.4, -0.2) is 10.7 Å². The number of nitro benzene ring substituents is 1. The van der Waals surface area contributed by atoms with Crippen LogP contribution in [-0.2, 0) is 0 Å². The summed E-state index contributed by atoms with van der Waals surface area (Å²) in [4.78, 5) is 23.0. The summed E-state index contributed by atoms with van der Waals surface area (Å²) in [5.74, 6) is 0.707. The molecule has 1 heterocycles. The van der Waals surface area contributed by atoms with Gasteiger partial charge in [0.05, 0.1) is 10.5 Å². The summed E-state index contributed by atoms with van der Waals surface area (Å²) in [6.45, 7) is 3.75. The molecule has 0 saturated heterocycles. The van der Waals surface area contributed by atoms with Crippen molar-refractivity contribution in [1.29, 1.82) is 0 Å². The highest BCUT2D eigenvalue weighted by atomic mass is 16.6. The van der Waals surface area contributed by atoms with Crippen LogP contribution >= 0.6 is 0 Å². The molecule has 0 atom stereocenters. The highest BCUT2D eigenvalue weighted by Gasteiger charge is 2.18. The van der Waals surface area contributed by atoms with Crippen LogP contribution in [0.15, 0.2) is 65.1 Å². The zero-order chi connectivity index (χ0) is 18.7. The predicted octanol–water partition coefficient (Wildman–Crippen LogP) is 5.37. The van der Waals surface area contributed by atoms with Crippen LogP contribution in [0.1, 0.15) is 27.2 Å². The average Bonchev–Trinajstić information content (AvgIpc) is 3.09. The third kappa shape index (κ3) is 3.78. The SMILES string of the molecule is Cc1ccc(C(=O)/C=C/c2ccc(-c3ccc(C)cc3[N+](=O)[O-])o2)cc1. The maximum atomic E-state index is 12.2. The number of nitrogens with zero attached hydrogens (tertiary/aromatic N) is 1. The second-order valence-electron chi connectivity index (χ2n) is 6.04. The molecule has 26 heavy (non-hydrogen) atoms. The Morgan fingerprint density at radius 3 is 2.38 bits per heavy atom. The van der Waals surface area contributed by atoms with Crippen LogP contribution in [0.5, 0.6) is 0 Å². The van der Waals surface area contributed by atoms with Crippen molar-refractivity contribution in [1.82, 2.24) is 0 Å². The van der Waals surface area contributed by atoms with Crippen LogP contribution in [0.3, 0.4) is 0 Å². The molecule has 0 N–H and O–H groups in total. The van der Waals surface area contributed by atoms with Crippen LogP contribution in [0.2, 0.25) is 0 Å². The van der Waals surface area contributed by atoms with Gasteiger partial charge in [-0.1, -0.05) is 35.9 Å². The molecule has 0 bridgehead atoms. The molecule has 1 aromatic heterocycles. The van der Waals surface area contributed by atoms with E-state index in [4.69, 9.17) is 4.42 Å². The van der Waals surface area contributed by atoms with Gasteiger partial charge in [-0.15, -0.1) is 0 Å². The summed E-state index contributed by atoms with van der Waals surface area (Å²) >= 11 is 0. The minimum atomic E-state index is -0.429. The lowest BCUT2D eigenvalue weighted by Gasteiger charge is -2.01.